The minimum Gasteiger partial charge on any atom is -0.480 e. The van der Waals surface area contributed by atoms with Crippen molar-refractivity contribution in [2.75, 3.05) is 13.1 Å². The normalized spacial score (nSPS) is 20.9. The first-order chi connectivity index (χ1) is 8.88. The van der Waals surface area contributed by atoms with Crippen LogP contribution in [0.1, 0.15) is 27.2 Å². The van der Waals surface area contributed by atoms with Gasteiger partial charge in [0.05, 0.1) is 0 Å². The van der Waals surface area contributed by atoms with Gasteiger partial charge in [0.2, 0.25) is 5.91 Å². The van der Waals surface area contributed by atoms with E-state index in [-0.39, 0.29) is 11.8 Å². The molecule has 1 aliphatic heterocycles. The number of hydrogen-bond acceptors (Lipinski definition) is 3. The van der Waals surface area contributed by atoms with Crippen LogP contribution in [0.15, 0.2) is 0 Å². The number of carbonyl (C=O) groups is 3. The third kappa shape index (κ3) is 3.59. The van der Waals surface area contributed by atoms with Gasteiger partial charge >= 0.3 is 12.0 Å². The molecular formula is C12H21N3O4. The Bertz CT molecular complexity index is 370. The lowest BCUT2D eigenvalue weighted by Crippen LogP contribution is -2.61. The molecule has 0 radical (unpaired) electrons. The Morgan fingerprint density at radius 3 is 2.63 bits per heavy atom. The van der Waals surface area contributed by atoms with Crippen LogP contribution in [0, 0.1) is 5.92 Å². The molecular weight excluding hydrogens is 250 g/mol. The maximum absolute atomic E-state index is 12.1. The van der Waals surface area contributed by atoms with Crippen molar-refractivity contribution in [2.45, 2.75) is 39.3 Å². The predicted octanol–water partition coefficient (Wildman–Crippen LogP) is 0.0156. The molecule has 1 heterocycles. The average Bonchev–Trinajstić information content (AvgIpc) is 2.34. The topological polar surface area (TPSA) is 98.7 Å². The summed E-state index contributed by atoms with van der Waals surface area (Å²) >= 11 is 0. The van der Waals surface area contributed by atoms with E-state index in [0.717, 1.165) is 0 Å². The summed E-state index contributed by atoms with van der Waals surface area (Å²) in [7, 11) is 0. The fourth-order valence-electron chi connectivity index (χ4n) is 2.09. The SMILES string of the molecule is CCC1C(=O)NCCN1C(=O)N[C@H](C(=O)O)C(C)C. The van der Waals surface area contributed by atoms with E-state index < -0.39 is 24.1 Å². The number of nitrogens with zero attached hydrogens (tertiary/aromatic N) is 1. The fraction of sp³-hybridized carbons (Fsp3) is 0.750. The summed E-state index contributed by atoms with van der Waals surface area (Å²) in [6.45, 7) is 6.04. The Morgan fingerprint density at radius 2 is 2.16 bits per heavy atom. The third-order valence-electron chi connectivity index (χ3n) is 3.19. The number of hydrogen-bond donors (Lipinski definition) is 3. The lowest BCUT2D eigenvalue weighted by molar-refractivity contribution is -0.140. The van der Waals surface area contributed by atoms with Gasteiger partial charge in [-0.15, -0.1) is 0 Å². The third-order valence-corrected chi connectivity index (χ3v) is 3.19. The van der Waals surface area contributed by atoms with Crippen molar-refractivity contribution in [3.05, 3.63) is 0 Å². The van der Waals surface area contributed by atoms with Crippen LogP contribution < -0.4 is 10.6 Å². The lowest BCUT2D eigenvalue weighted by Gasteiger charge is -2.35. The second-order valence-electron chi connectivity index (χ2n) is 4.92. The highest BCUT2D eigenvalue weighted by Crippen LogP contribution is 2.10. The van der Waals surface area contributed by atoms with Crippen LogP contribution in [0.25, 0.3) is 0 Å². The summed E-state index contributed by atoms with van der Waals surface area (Å²) in [4.78, 5) is 36.2. The van der Waals surface area contributed by atoms with E-state index in [1.807, 2.05) is 6.92 Å². The van der Waals surface area contributed by atoms with Gasteiger partial charge in [-0.05, 0) is 12.3 Å². The van der Waals surface area contributed by atoms with E-state index in [1.165, 1.54) is 4.90 Å². The molecule has 0 aromatic heterocycles. The zero-order valence-corrected chi connectivity index (χ0v) is 11.5. The molecule has 1 aliphatic rings. The number of piperazine rings is 1. The van der Waals surface area contributed by atoms with E-state index in [2.05, 4.69) is 10.6 Å². The predicted molar refractivity (Wildman–Crippen MR) is 68.6 cm³/mol. The summed E-state index contributed by atoms with van der Waals surface area (Å²) in [5.41, 5.74) is 0. The van der Waals surface area contributed by atoms with E-state index in [1.54, 1.807) is 13.8 Å². The zero-order valence-electron chi connectivity index (χ0n) is 11.5. The molecule has 1 fully saturated rings. The number of aliphatic carboxylic acids is 1. The first-order valence-corrected chi connectivity index (χ1v) is 6.46. The van der Waals surface area contributed by atoms with Crippen LogP contribution >= 0.6 is 0 Å². The highest BCUT2D eigenvalue weighted by Gasteiger charge is 2.34. The summed E-state index contributed by atoms with van der Waals surface area (Å²) in [6, 6.07) is -1.98. The molecule has 1 rings (SSSR count). The zero-order chi connectivity index (χ0) is 14.6. The molecule has 0 bridgehead atoms. The van der Waals surface area contributed by atoms with Crippen molar-refractivity contribution in [2.24, 2.45) is 5.92 Å². The van der Waals surface area contributed by atoms with Gasteiger partial charge in [0, 0.05) is 13.1 Å². The Balaban J connectivity index is 2.75. The number of urea groups is 1. The van der Waals surface area contributed by atoms with E-state index in [4.69, 9.17) is 5.11 Å². The average molecular weight is 271 g/mol. The minimum absolute atomic E-state index is 0.194. The maximum atomic E-state index is 12.1. The first-order valence-electron chi connectivity index (χ1n) is 6.46. The Morgan fingerprint density at radius 1 is 1.53 bits per heavy atom. The molecule has 3 N–H and O–H groups in total. The van der Waals surface area contributed by atoms with Crippen LogP contribution in [0.3, 0.4) is 0 Å². The van der Waals surface area contributed by atoms with Crippen LogP contribution in [-0.4, -0.2) is 53.1 Å². The van der Waals surface area contributed by atoms with E-state index in [0.29, 0.717) is 19.5 Å². The van der Waals surface area contributed by atoms with Gasteiger partial charge in [0.25, 0.3) is 0 Å². The first kappa shape index (κ1) is 15.3. The molecule has 2 atom stereocenters. The van der Waals surface area contributed by atoms with Crippen molar-refractivity contribution in [1.82, 2.24) is 15.5 Å². The Kier molecular flexibility index (Phi) is 5.14. The molecule has 1 unspecified atom stereocenters. The molecule has 3 amide bonds. The van der Waals surface area contributed by atoms with Crippen molar-refractivity contribution in [3.63, 3.8) is 0 Å². The number of carbonyl (C=O) groups excluding carboxylic acids is 2. The second-order valence-corrected chi connectivity index (χ2v) is 4.92. The molecule has 0 aliphatic carbocycles. The van der Waals surface area contributed by atoms with Gasteiger partial charge in [0.15, 0.2) is 0 Å². The van der Waals surface area contributed by atoms with Crippen molar-refractivity contribution >= 4 is 17.9 Å². The minimum atomic E-state index is -1.07. The molecule has 0 saturated carbocycles. The molecule has 7 nitrogen and oxygen atoms in total. The molecule has 7 heteroatoms. The van der Waals surface area contributed by atoms with Crippen LogP contribution in [0.2, 0.25) is 0 Å². The maximum Gasteiger partial charge on any atom is 0.326 e. The molecule has 19 heavy (non-hydrogen) atoms. The number of carboxylic acids is 1. The highest BCUT2D eigenvalue weighted by molar-refractivity contribution is 5.89. The monoisotopic (exact) mass is 271 g/mol. The van der Waals surface area contributed by atoms with Crippen molar-refractivity contribution in [1.29, 1.82) is 0 Å². The summed E-state index contributed by atoms with van der Waals surface area (Å²) in [6.07, 6.45) is 0.499. The molecule has 0 aromatic rings. The summed E-state index contributed by atoms with van der Waals surface area (Å²) < 4.78 is 0. The van der Waals surface area contributed by atoms with Crippen molar-refractivity contribution in [3.8, 4) is 0 Å². The number of nitrogens with one attached hydrogen (secondary N) is 2. The largest absolute Gasteiger partial charge is 0.480 e. The lowest BCUT2D eigenvalue weighted by atomic mass is 10.0. The van der Waals surface area contributed by atoms with Gasteiger partial charge < -0.3 is 20.6 Å². The van der Waals surface area contributed by atoms with Gasteiger partial charge in [-0.2, -0.15) is 0 Å². The fourth-order valence-corrected chi connectivity index (χ4v) is 2.09. The van der Waals surface area contributed by atoms with Gasteiger partial charge in [-0.3, -0.25) is 4.79 Å². The standard InChI is InChI=1S/C12H21N3O4/c1-4-8-10(16)13-5-6-15(8)12(19)14-9(7(2)3)11(17)18/h7-9H,4-6H2,1-3H3,(H,13,16)(H,14,19)(H,17,18)/t8?,9-/m0/s1. The molecule has 0 aromatic carbocycles. The Hall–Kier alpha value is -1.79. The van der Waals surface area contributed by atoms with Crippen molar-refractivity contribution < 1.29 is 19.5 Å². The van der Waals surface area contributed by atoms with Gasteiger partial charge in [-0.1, -0.05) is 20.8 Å². The van der Waals surface area contributed by atoms with Gasteiger partial charge in [-0.25, -0.2) is 9.59 Å². The highest BCUT2D eigenvalue weighted by atomic mass is 16.4. The van der Waals surface area contributed by atoms with Crippen LogP contribution in [0.5, 0.6) is 0 Å². The quantitative estimate of drug-likeness (QED) is 0.671. The second kappa shape index (κ2) is 6.40. The van der Waals surface area contributed by atoms with Crippen LogP contribution in [-0.2, 0) is 9.59 Å². The van der Waals surface area contributed by atoms with E-state index >= 15 is 0 Å². The summed E-state index contributed by atoms with van der Waals surface area (Å²) in [5.74, 6) is -1.49. The van der Waals surface area contributed by atoms with E-state index in [9.17, 15) is 14.4 Å². The smallest absolute Gasteiger partial charge is 0.326 e. The summed E-state index contributed by atoms with van der Waals surface area (Å²) in [5, 5.41) is 14.2. The molecule has 0 spiro atoms. The molecule has 1 saturated heterocycles. The number of carboxylic acid groups (broad SMARTS) is 1. The molecule has 108 valence electrons. The Labute approximate surface area is 112 Å². The van der Waals surface area contributed by atoms with Crippen LogP contribution in [0.4, 0.5) is 4.79 Å². The number of rotatable bonds is 4. The van der Waals surface area contributed by atoms with Gasteiger partial charge in [0.1, 0.15) is 12.1 Å². The number of amides is 3.